The smallest absolute Gasteiger partial charge is 0.312 e. The molecule has 0 saturated heterocycles. The lowest BCUT2D eigenvalue weighted by atomic mass is 9.80. The number of carboxylic acid groups (broad SMARTS) is 1. The maximum atomic E-state index is 11.0. The standard InChI is InChI=1S/C10H15NO2/c1-7-4-5-10(2,11-3)8(6-7)9(12)13/h4-6,8,11H,1-3H3,(H,12,13). The van der Waals surface area contributed by atoms with Crippen LogP contribution < -0.4 is 5.32 Å². The quantitative estimate of drug-likeness (QED) is 0.672. The first-order valence-corrected chi connectivity index (χ1v) is 4.29. The average molecular weight is 181 g/mol. The Morgan fingerprint density at radius 3 is 2.77 bits per heavy atom. The molecule has 1 aliphatic carbocycles. The van der Waals surface area contributed by atoms with E-state index in [0.29, 0.717) is 0 Å². The topological polar surface area (TPSA) is 49.3 Å². The lowest BCUT2D eigenvalue weighted by molar-refractivity contribution is -0.141. The Kier molecular flexibility index (Phi) is 2.57. The van der Waals surface area contributed by atoms with Crippen LogP contribution >= 0.6 is 0 Å². The minimum atomic E-state index is -0.791. The SMILES string of the molecule is CNC1(C)C=CC(C)=CC1C(=O)O. The zero-order valence-corrected chi connectivity index (χ0v) is 8.16. The summed E-state index contributed by atoms with van der Waals surface area (Å²) in [5.74, 6) is -1.27. The van der Waals surface area contributed by atoms with E-state index in [1.54, 1.807) is 13.1 Å². The van der Waals surface area contributed by atoms with Crippen molar-refractivity contribution in [3.8, 4) is 0 Å². The monoisotopic (exact) mass is 181 g/mol. The fourth-order valence-corrected chi connectivity index (χ4v) is 1.47. The molecule has 2 unspecified atom stereocenters. The van der Waals surface area contributed by atoms with Gasteiger partial charge in [0.05, 0.1) is 11.5 Å². The number of carbonyl (C=O) groups is 1. The number of rotatable bonds is 2. The molecule has 3 nitrogen and oxygen atoms in total. The Hall–Kier alpha value is -1.09. The number of hydrogen-bond acceptors (Lipinski definition) is 2. The van der Waals surface area contributed by atoms with Crippen LogP contribution in [0, 0.1) is 5.92 Å². The van der Waals surface area contributed by atoms with E-state index >= 15 is 0 Å². The van der Waals surface area contributed by atoms with E-state index < -0.39 is 17.4 Å². The van der Waals surface area contributed by atoms with E-state index in [1.807, 2.05) is 26.0 Å². The molecule has 0 aliphatic heterocycles. The Bertz CT molecular complexity index is 281. The molecule has 0 aromatic rings. The van der Waals surface area contributed by atoms with Crippen molar-refractivity contribution in [2.75, 3.05) is 7.05 Å². The molecule has 2 atom stereocenters. The highest BCUT2D eigenvalue weighted by atomic mass is 16.4. The molecular formula is C10H15NO2. The van der Waals surface area contributed by atoms with Crippen LogP contribution in [0.4, 0.5) is 0 Å². The third-order valence-electron chi connectivity index (χ3n) is 2.57. The molecule has 0 amide bonds. The number of carboxylic acids is 1. The summed E-state index contributed by atoms with van der Waals surface area (Å²) < 4.78 is 0. The van der Waals surface area contributed by atoms with Gasteiger partial charge in [-0.1, -0.05) is 23.8 Å². The highest BCUT2D eigenvalue weighted by molar-refractivity contribution is 5.75. The van der Waals surface area contributed by atoms with Gasteiger partial charge in [0.15, 0.2) is 0 Å². The third kappa shape index (κ3) is 1.80. The minimum Gasteiger partial charge on any atom is -0.481 e. The van der Waals surface area contributed by atoms with Gasteiger partial charge in [0.2, 0.25) is 0 Å². The first-order chi connectivity index (χ1) is 5.99. The van der Waals surface area contributed by atoms with Gasteiger partial charge in [-0.05, 0) is 20.9 Å². The van der Waals surface area contributed by atoms with Gasteiger partial charge in [-0.3, -0.25) is 4.79 Å². The van der Waals surface area contributed by atoms with Gasteiger partial charge in [-0.15, -0.1) is 0 Å². The second kappa shape index (κ2) is 3.34. The zero-order chi connectivity index (χ0) is 10.1. The van der Waals surface area contributed by atoms with Crippen molar-refractivity contribution in [1.82, 2.24) is 5.32 Å². The highest BCUT2D eigenvalue weighted by Gasteiger charge is 2.35. The summed E-state index contributed by atoms with van der Waals surface area (Å²) in [5, 5.41) is 12.0. The van der Waals surface area contributed by atoms with Crippen LogP contribution in [0.15, 0.2) is 23.8 Å². The number of allylic oxidation sites excluding steroid dienone is 2. The molecule has 0 radical (unpaired) electrons. The van der Waals surface area contributed by atoms with Crippen molar-refractivity contribution in [1.29, 1.82) is 0 Å². The van der Waals surface area contributed by atoms with E-state index in [1.165, 1.54) is 0 Å². The van der Waals surface area contributed by atoms with Crippen molar-refractivity contribution in [2.45, 2.75) is 19.4 Å². The molecule has 3 heteroatoms. The predicted octanol–water partition coefficient (Wildman–Crippen LogP) is 1.18. The van der Waals surface area contributed by atoms with E-state index in [0.717, 1.165) is 5.57 Å². The zero-order valence-electron chi connectivity index (χ0n) is 8.16. The summed E-state index contributed by atoms with van der Waals surface area (Å²) in [6.45, 7) is 3.78. The van der Waals surface area contributed by atoms with Gasteiger partial charge in [0, 0.05) is 0 Å². The van der Waals surface area contributed by atoms with Crippen LogP contribution in [-0.2, 0) is 4.79 Å². The van der Waals surface area contributed by atoms with Gasteiger partial charge < -0.3 is 10.4 Å². The maximum Gasteiger partial charge on any atom is 0.312 e. The normalized spacial score (nSPS) is 32.8. The summed E-state index contributed by atoms with van der Waals surface area (Å²) in [5.41, 5.74) is 0.533. The number of hydrogen-bond donors (Lipinski definition) is 2. The summed E-state index contributed by atoms with van der Waals surface area (Å²) in [6.07, 6.45) is 5.62. The summed E-state index contributed by atoms with van der Waals surface area (Å²) in [4.78, 5) is 11.0. The molecular weight excluding hydrogens is 166 g/mol. The van der Waals surface area contributed by atoms with Gasteiger partial charge >= 0.3 is 5.97 Å². The van der Waals surface area contributed by atoms with Gasteiger partial charge in [-0.25, -0.2) is 0 Å². The first-order valence-electron chi connectivity index (χ1n) is 4.29. The van der Waals surface area contributed by atoms with Crippen LogP contribution in [0.25, 0.3) is 0 Å². The molecule has 0 heterocycles. The predicted molar refractivity (Wildman–Crippen MR) is 51.5 cm³/mol. The Morgan fingerprint density at radius 2 is 2.31 bits per heavy atom. The Labute approximate surface area is 78.1 Å². The van der Waals surface area contributed by atoms with Crippen molar-refractivity contribution in [3.05, 3.63) is 23.8 Å². The maximum absolute atomic E-state index is 11.0. The van der Waals surface area contributed by atoms with E-state index in [-0.39, 0.29) is 0 Å². The Morgan fingerprint density at radius 1 is 1.69 bits per heavy atom. The van der Waals surface area contributed by atoms with Crippen molar-refractivity contribution in [2.24, 2.45) is 5.92 Å². The number of aliphatic carboxylic acids is 1. The lowest BCUT2D eigenvalue weighted by Crippen LogP contribution is -2.48. The van der Waals surface area contributed by atoms with Gasteiger partial charge in [-0.2, -0.15) is 0 Å². The highest BCUT2D eigenvalue weighted by Crippen LogP contribution is 2.26. The fraction of sp³-hybridized carbons (Fsp3) is 0.500. The van der Waals surface area contributed by atoms with Gasteiger partial charge in [0.25, 0.3) is 0 Å². The molecule has 72 valence electrons. The van der Waals surface area contributed by atoms with Crippen LogP contribution in [0.5, 0.6) is 0 Å². The molecule has 0 spiro atoms. The van der Waals surface area contributed by atoms with Crippen molar-refractivity contribution < 1.29 is 9.90 Å². The lowest BCUT2D eigenvalue weighted by Gasteiger charge is -2.33. The average Bonchev–Trinajstić information content (AvgIpc) is 2.09. The van der Waals surface area contributed by atoms with Crippen LogP contribution in [0.2, 0.25) is 0 Å². The molecule has 1 aliphatic rings. The number of nitrogens with one attached hydrogen (secondary N) is 1. The van der Waals surface area contributed by atoms with Crippen LogP contribution in [0.3, 0.4) is 0 Å². The van der Waals surface area contributed by atoms with Crippen molar-refractivity contribution >= 4 is 5.97 Å². The van der Waals surface area contributed by atoms with E-state index in [4.69, 9.17) is 5.11 Å². The first kappa shape index (κ1) is 9.99. The molecule has 0 aromatic heterocycles. The molecule has 1 rings (SSSR count). The Balaban J connectivity index is 3.01. The number of likely N-dealkylation sites (N-methyl/N-ethyl adjacent to an activating group) is 1. The molecule has 0 bridgehead atoms. The van der Waals surface area contributed by atoms with Gasteiger partial charge in [0.1, 0.15) is 0 Å². The van der Waals surface area contributed by atoms with E-state index in [2.05, 4.69) is 5.32 Å². The molecule has 2 N–H and O–H groups in total. The van der Waals surface area contributed by atoms with E-state index in [9.17, 15) is 4.79 Å². The summed E-state index contributed by atoms with van der Waals surface area (Å²) in [6, 6.07) is 0. The molecule has 0 fully saturated rings. The summed E-state index contributed by atoms with van der Waals surface area (Å²) in [7, 11) is 1.77. The summed E-state index contributed by atoms with van der Waals surface area (Å²) >= 11 is 0. The molecule has 13 heavy (non-hydrogen) atoms. The third-order valence-corrected chi connectivity index (χ3v) is 2.57. The van der Waals surface area contributed by atoms with Crippen LogP contribution in [0.1, 0.15) is 13.8 Å². The fourth-order valence-electron chi connectivity index (χ4n) is 1.47. The molecule has 0 aromatic carbocycles. The second-order valence-electron chi connectivity index (χ2n) is 3.59. The largest absolute Gasteiger partial charge is 0.481 e. The van der Waals surface area contributed by atoms with Crippen molar-refractivity contribution in [3.63, 3.8) is 0 Å². The molecule has 0 saturated carbocycles. The second-order valence-corrected chi connectivity index (χ2v) is 3.59. The minimum absolute atomic E-state index is 0.467. The van der Waals surface area contributed by atoms with Crippen LogP contribution in [-0.4, -0.2) is 23.7 Å².